The van der Waals surface area contributed by atoms with Crippen LogP contribution in [0.25, 0.3) is 0 Å². The van der Waals surface area contributed by atoms with Gasteiger partial charge in [0, 0.05) is 38.8 Å². The molecule has 486 valence electrons. The predicted octanol–water partition coefficient (Wildman–Crippen LogP) is 22.5. The normalized spacial score (nSPS) is 12.2. The molecule has 0 aromatic heterocycles. The van der Waals surface area contributed by atoms with Gasteiger partial charge in [0.05, 0.1) is 12.1 Å². The fraction of sp³-hybridized carbons (Fsp3) is 0.946. The zero-order valence-corrected chi connectivity index (χ0v) is 56.0. The van der Waals surface area contributed by atoms with Gasteiger partial charge in [-0.2, -0.15) is 0 Å². The Balaban J connectivity index is 5.36. The van der Waals surface area contributed by atoms with E-state index in [1.807, 2.05) is 0 Å². The second kappa shape index (κ2) is 68.0. The third-order valence-corrected chi connectivity index (χ3v) is 17.7. The third kappa shape index (κ3) is 62.4. The van der Waals surface area contributed by atoms with Crippen LogP contribution in [0.4, 0.5) is 0 Å². The Morgan fingerprint density at radius 2 is 0.329 bits per heavy atom. The van der Waals surface area contributed by atoms with Crippen LogP contribution in [-0.4, -0.2) is 48.8 Å². The van der Waals surface area contributed by atoms with Crippen molar-refractivity contribution in [1.29, 1.82) is 0 Å². The summed E-state index contributed by atoms with van der Waals surface area (Å²) in [4.78, 5) is 54.3. The van der Waals surface area contributed by atoms with E-state index in [1.54, 1.807) is 0 Å². The molecule has 0 aliphatic rings. The number of hydrogen-bond acceptors (Lipinski definition) is 4. The van der Waals surface area contributed by atoms with Gasteiger partial charge in [-0.3, -0.25) is 19.2 Å². The van der Waals surface area contributed by atoms with Crippen LogP contribution in [0, 0.1) is 0 Å². The third-order valence-electron chi connectivity index (χ3n) is 17.7. The average molecular weight is 1160 g/mol. The molecule has 0 aromatic carbocycles. The first-order valence-corrected chi connectivity index (χ1v) is 37.5. The lowest BCUT2D eigenvalue weighted by molar-refractivity contribution is -0.126. The highest BCUT2D eigenvalue weighted by atomic mass is 16.2. The van der Waals surface area contributed by atoms with E-state index in [9.17, 15) is 19.2 Å². The highest BCUT2D eigenvalue weighted by Crippen LogP contribution is 2.19. The number of rotatable bonds is 69. The Kier molecular flexibility index (Phi) is 66.2. The molecular formula is C74H146N4O4. The van der Waals surface area contributed by atoms with Crippen molar-refractivity contribution in [1.82, 2.24) is 21.3 Å². The molecule has 0 aliphatic heterocycles. The van der Waals surface area contributed by atoms with E-state index in [0.29, 0.717) is 25.7 Å². The Bertz CT molecular complexity index is 1330. The van der Waals surface area contributed by atoms with Gasteiger partial charge >= 0.3 is 0 Å². The van der Waals surface area contributed by atoms with Crippen LogP contribution in [0.15, 0.2) is 0 Å². The second-order valence-corrected chi connectivity index (χ2v) is 26.0. The minimum atomic E-state index is -0.532. The van der Waals surface area contributed by atoms with Crippen molar-refractivity contribution in [2.75, 3.05) is 13.1 Å². The maximum Gasteiger partial charge on any atom is 0.220 e. The van der Waals surface area contributed by atoms with Gasteiger partial charge in [0.2, 0.25) is 23.6 Å². The number of carbonyl (C=O) groups excluding carboxylic acids is 4. The molecule has 0 radical (unpaired) electrons. The summed E-state index contributed by atoms with van der Waals surface area (Å²) in [6.07, 6.45) is 75.8. The van der Waals surface area contributed by atoms with Crippen molar-refractivity contribution in [3.63, 3.8) is 0 Å². The fourth-order valence-electron chi connectivity index (χ4n) is 12.0. The maximum atomic E-state index is 13.7. The van der Waals surface area contributed by atoms with Gasteiger partial charge in [-0.05, 0) is 25.7 Å². The van der Waals surface area contributed by atoms with Gasteiger partial charge in [0.15, 0.2) is 0 Å². The van der Waals surface area contributed by atoms with E-state index in [1.165, 1.54) is 295 Å². The van der Waals surface area contributed by atoms with Gasteiger partial charge in [-0.25, -0.2) is 0 Å². The van der Waals surface area contributed by atoms with Crippen molar-refractivity contribution in [2.45, 2.75) is 438 Å². The smallest absolute Gasteiger partial charge is 0.220 e. The van der Waals surface area contributed by atoms with Crippen molar-refractivity contribution < 1.29 is 19.2 Å². The highest BCUT2D eigenvalue weighted by Gasteiger charge is 2.26. The summed E-state index contributed by atoms with van der Waals surface area (Å²) in [7, 11) is 0. The molecule has 2 atom stereocenters. The first-order chi connectivity index (χ1) is 40.4. The quantitative estimate of drug-likeness (QED) is 0.0454. The molecule has 0 aromatic rings. The molecule has 0 heterocycles. The number of hydrogen-bond donors (Lipinski definition) is 4. The summed E-state index contributed by atoms with van der Waals surface area (Å²) in [5, 5.41) is 12.9. The first kappa shape index (κ1) is 79.9. The van der Waals surface area contributed by atoms with Crippen LogP contribution in [0.2, 0.25) is 0 Å². The van der Waals surface area contributed by atoms with Gasteiger partial charge in [0.25, 0.3) is 0 Å². The van der Waals surface area contributed by atoms with E-state index < -0.39 is 12.1 Å². The SMILES string of the molecule is CCCCCCCCCCCCCCCCCC(=O)NCC(NC(=O)CCCCCCCCCCCCCCCCC)C(CNC(=O)CCCCCCCCCCCCCCCC)NC(=O)CCCCCCCCCCCCCCCC. The highest BCUT2D eigenvalue weighted by molar-refractivity contribution is 5.79. The Labute approximate surface area is 512 Å². The van der Waals surface area contributed by atoms with Crippen LogP contribution in [-0.2, 0) is 19.2 Å². The molecule has 8 nitrogen and oxygen atoms in total. The summed E-state index contributed by atoms with van der Waals surface area (Å²) in [6.45, 7) is 9.57. The zero-order chi connectivity index (χ0) is 59.5. The van der Waals surface area contributed by atoms with Gasteiger partial charge in [-0.1, -0.05) is 374 Å². The molecule has 0 fully saturated rings. The Morgan fingerprint density at radius 1 is 0.195 bits per heavy atom. The van der Waals surface area contributed by atoms with Crippen LogP contribution in [0.5, 0.6) is 0 Å². The van der Waals surface area contributed by atoms with E-state index in [-0.39, 0.29) is 36.7 Å². The molecule has 8 heteroatoms. The standard InChI is InChI=1S/C74H146N4O4/c1-5-9-13-17-21-25-29-33-37-41-44-48-52-56-60-64-72(80)76-68-70(78-74(82)66-62-58-54-50-46-42-38-34-30-26-22-18-14-10-6-2)69(77-73(81)65-61-57-53-49-45-40-36-32-28-24-20-16-12-8-4)67-75-71(79)63-59-55-51-47-43-39-35-31-27-23-19-15-11-7-3/h69-70H,5-68H2,1-4H3,(H,75,79)(H,76,80)(H,77,81)(H,78,82). The van der Waals surface area contributed by atoms with E-state index in [4.69, 9.17) is 0 Å². The molecule has 82 heavy (non-hydrogen) atoms. The number of amides is 4. The van der Waals surface area contributed by atoms with Crippen LogP contribution in [0.1, 0.15) is 426 Å². The molecule has 0 aliphatic carbocycles. The molecule has 4 amide bonds. The van der Waals surface area contributed by atoms with Crippen LogP contribution in [0.3, 0.4) is 0 Å². The topological polar surface area (TPSA) is 116 Å². The first-order valence-electron chi connectivity index (χ1n) is 37.5. The number of unbranched alkanes of at least 4 members (excludes halogenated alkanes) is 54. The van der Waals surface area contributed by atoms with Crippen LogP contribution < -0.4 is 21.3 Å². The van der Waals surface area contributed by atoms with E-state index >= 15 is 0 Å². The summed E-state index contributed by atoms with van der Waals surface area (Å²) < 4.78 is 0. The molecule has 4 N–H and O–H groups in total. The average Bonchev–Trinajstić information content (AvgIpc) is 3.47. The summed E-state index contributed by atoms with van der Waals surface area (Å²) in [5.74, 6) is -0.108. The predicted molar refractivity (Wildman–Crippen MR) is 359 cm³/mol. The molecular weight excluding hydrogens is 1010 g/mol. The monoisotopic (exact) mass is 1160 g/mol. The van der Waals surface area contributed by atoms with Crippen molar-refractivity contribution in [3.8, 4) is 0 Å². The molecule has 0 bridgehead atoms. The van der Waals surface area contributed by atoms with Crippen molar-refractivity contribution >= 4 is 23.6 Å². The van der Waals surface area contributed by atoms with Gasteiger partial charge in [0.1, 0.15) is 0 Å². The van der Waals surface area contributed by atoms with Crippen molar-refractivity contribution in [2.24, 2.45) is 0 Å². The molecule has 2 unspecified atom stereocenters. The zero-order valence-electron chi connectivity index (χ0n) is 56.0. The molecule has 0 rings (SSSR count). The maximum absolute atomic E-state index is 13.7. The Morgan fingerprint density at radius 3 is 0.488 bits per heavy atom. The Hall–Kier alpha value is -2.12. The molecule has 0 saturated heterocycles. The molecule has 0 saturated carbocycles. The van der Waals surface area contributed by atoms with Crippen molar-refractivity contribution in [3.05, 3.63) is 0 Å². The summed E-state index contributed by atoms with van der Waals surface area (Å²) in [5.41, 5.74) is 0. The summed E-state index contributed by atoms with van der Waals surface area (Å²) >= 11 is 0. The van der Waals surface area contributed by atoms with E-state index in [0.717, 1.165) is 77.0 Å². The second-order valence-electron chi connectivity index (χ2n) is 26.0. The lowest BCUT2D eigenvalue weighted by Gasteiger charge is -2.30. The fourth-order valence-corrected chi connectivity index (χ4v) is 12.0. The van der Waals surface area contributed by atoms with Crippen LogP contribution >= 0.6 is 0 Å². The summed E-state index contributed by atoms with van der Waals surface area (Å²) in [6, 6.07) is -1.06. The molecule has 0 spiro atoms. The van der Waals surface area contributed by atoms with Gasteiger partial charge < -0.3 is 21.3 Å². The number of nitrogens with one attached hydrogen (secondary N) is 4. The lowest BCUT2D eigenvalue weighted by atomic mass is 10.0. The largest absolute Gasteiger partial charge is 0.354 e. The van der Waals surface area contributed by atoms with Gasteiger partial charge in [-0.15, -0.1) is 0 Å². The van der Waals surface area contributed by atoms with E-state index in [2.05, 4.69) is 49.0 Å². The lowest BCUT2D eigenvalue weighted by Crippen LogP contribution is -2.60. The minimum Gasteiger partial charge on any atom is -0.354 e. The minimum absolute atomic E-state index is 0.00863. The number of carbonyl (C=O) groups is 4.